The standard InChI is InChI=1S/C14H15N3OS/c18-14(16-13-5-9-1-3-17(13)8-9)11-6-12-10(7-15-11)2-4-19-12/h2,4,6-7,9,13H,1,3,5,8H2,(H,16,18). The third-order valence-corrected chi connectivity index (χ3v) is 5.06. The Labute approximate surface area is 115 Å². The Hall–Kier alpha value is -1.46. The first-order valence-corrected chi connectivity index (χ1v) is 7.56. The van der Waals surface area contributed by atoms with Gasteiger partial charge in [0.05, 0.1) is 6.17 Å². The third kappa shape index (κ3) is 1.93. The Morgan fingerprint density at radius 1 is 1.53 bits per heavy atom. The van der Waals surface area contributed by atoms with Gasteiger partial charge < -0.3 is 5.32 Å². The lowest BCUT2D eigenvalue weighted by molar-refractivity contribution is 0.0878. The first kappa shape index (κ1) is 11.4. The van der Waals surface area contributed by atoms with E-state index in [9.17, 15) is 4.79 Å². The second-order valence-corrected chi connectivity index (χ2v) is 6.35. The van der Waals surface area contributed by atoms with Crippen molar-refractivity contribution < 1.29 is 4.79 Å². The molecule has 0 saturated carbocycles. The summed E-state index contributed by atoms with van der Waals surface area (Å²) in [6.45, 7) is 2.26. The van der Waals surface area contributed by atoms with E-state index in [1.54, 1.807) is 17.5 Å². The van der Waals surface area contributed by atoms with E-state index < -0.39 is 0 Å². The van der Waals surface area contributed by atoms with Crippen LogP contribution in [0.2, 0.25) is 0 Å². The van der Waals surface area contributed by atoms with E-state index in [0.29, 0.717) is 5.69 Å². The molecule has 4 rings (SSSR count). The smallest absolute Gasteiger partial charge is 0.271 e. The number of pyridine rings is 1. The van der Waals surface area contributed by atoms with E-state index in [0.717, 1.165) is 35.5 Å². The van der Waals surface area contributed by atoms with Crippen molar-refractivity contribution in [3.05, 3.63) is 29.4 Å². The molecule has 0 spiro atoms. The molecule has 19 heavy (non-hydrogen) atoms. The fourth-order valence-corrected chi connectivity index (χ4v) is 3.96. The van der Waals surface area contributed by atoms with Crippen LogP contribution in [0, 0.1) is 5.92 Å². The van der Waals surface area contributed by atoms with Crippen molar-refractivity contribution >= 4 is 27.3 Å². The van der Waals surface area contributed by atoms with Crippen LogP contribution >= 0.6 is 11.3 Å². The van der Waals surface area contributed by atoms with Gasteiger partial charge in [-0.2, -0.15) is 0 Å². The van der Waals surface area contributed by atoms with Crippen molar-refractivity contribution in [1.29, 1.82) is 0 Å². The SMILES string of the molecule is O=C(NC1CC2CCN1C2)c1cc2sccc2cn1. The first-order chi connectivity index (χ1) is 9.29. The first-order valence-electron chi connectivity index (χ1n) is 6.68. The van der Waals surface area contributed by atoms with Crippen LogP contribution in [-0.4, -0.2) is 35.0 Å². The van der Waals surface area contributed by atoms with Crippen LogP contribution in [-0.2, 0) is 0 Å². The predicted octanol–water partition coefficient (Wildman–Crippen LogP) is 2.08. The zero-order valence-corrected chi connectivity index (χ0v) is 11.3. The fraction of sp³-hybridized carbons (Fsp3) is 0.429. The van der Waals surface area contributed by atoms with Crippen LogP contribution in [0.25, 0.3) is 10.1 Å². The molecule has 2 fully saturated rings. The molecule has 2 aromatic heterocycles. The van der Waals surface area contributed by atoms with Gasteiger partial charge in [-0.1, -0.05) is 0 Å². The van der Waals surface area contributed by atoms with Crippen LogP contribution in [0.3, 0.4) is 0 Å². The van der Waals surface area contributed by atoms with Gasteiger partial charge in [-0.15, -0.1) is 11.3 Å². The van der Waals surface area contributed by atoms with E-state index in [1.807, 2.05) is 17.5 Å². The molecule has 0 radical (unpaired) electrons. The number of hydrogen-bond acceptors (Lipinski definition) is 4. The zero-order valence-electron chi connectivity index (χ0n) is 10.5. The van der Waals surface area contributed by atoms with Crippen LogP contribution in [0.4, 0.5) is 0 Å². The molecule has 2 aliphatic rings. The van der Waals surface area contributed by atoms with Crippen molar-refractivity contribution in [3.63, 3.8) is 0 Å². The molecular weight excluding hydrogens is 258 g/mol. The van der Waals surface area contributed by atoms with E-state index in [2.05, 4.69) is 15.2 Å². The minimum absolute atomic E-state index is 0.0483. The Morgan fingerprint density at radius 2 is 2.47 bits per heavy atom. The number of aromatic nitrogens is 1. The minimum Gasteiger partial charge on any atom is -0.335 e. The highest BCUT2D eigenvalue weighted by Gasteiger charge is 2.38. The number of nitrogens with zero attached hydrogens (tertiary/aromatic N) is 2. The highest BCUT2D eigenvalue weighted by molar-refractivity contribution is 7.17. The lowest BCUT2D eigenvalue weighted by Crippen LogP contribution is -2.45. The van der Waals surface area contributed by atoms with Gasteiger partial charge in [-0.05, 0) is 36.3 Å². The number of thiophene rings is 1. The maximum Gasteiger partial charge on any atom is 0.271 e. The monoisotopic (exact) mass is 273 g/mol. The molecule has 2 saturated heterocycles. The molecule has 4 heterocycles. The van der Waals surface area contributed by atoms with E-state index in [1.165, 1.54) is 6.42 Å². The summed E-state index contributed by atoms with van der Waals surface area (Å²) in [4.78, 5) is 18.9. The fourth-order valence-electron chi connectivity index (χ4n) is 3.16. The number of carbonyl (C=O) groups is 1. The Kier molecular flexibility index (Phi) is 2.56. The second kappa shape index (κ2) is 4.28. The van der Waals surface area contributed by atoms with Gasteiger partial charge in [0.25, 0.3) is 5.91 Å². The molecule has 98 valence electrons. The lowest BCUT2D eigenvalue weighted by atomic mass is 10.0. The Morgan fingerprint density at radius 3 is 3.26 bits per heavy atom. The number of fused-ring (bicyclic) bond motifs is 3. The molecule has 2 aliphatic heterocycles. The molecule has 2 bridgehead atoms. The van der Waals surface area contributed by atoms with Crippen molar-refractivity contribution in [2.24, 2.45) is 5.92 Å². The van der Waals surface area contributed by atoms with Gasteiger partial charge in [0, 0.05) is 29.4 Å². The zero-order chi connectivity index (χ0) is 12.8. The Bertz CT molecular complexity index is 638. The molecule has 0 aromatic carbocycles. The number of amides is 1. The topological polar surface area (TPSA) is 45.2 Å². The molecule has 1 amide bonds. The summed E-state index contributed by atoms with van der Waals surface area (Å²) in [7, 11) is 0. The highest BCUT2D eigenvalue weighted by atomic mass is 32.1. The lowest BCUT2D eigenvalue weighted by Gasteiger charge is -2.25. The molecule has 3 atom stereocenters. The van der Waals surface area contributed by atoms with Crippen LogP contribution in [0.1, 0.15) is 23.3 Å². The van der Waals surface area contributed by atoms with Crippen LogP contribution in [0.15, 0.2) is 23.7 Å². The summed E-state index contributed by atoms with van der Waals surface area (Å²) >= 11 is 1.64. The Balaban J connectivity index is 1.53. The largest absolute Gasteiger partial charge is 0.335 e. The number of rotatable bonds is 2. The summed E-state index contributed by atoms with van der Waals surface area (Å²) in [6, 6.07) is 3.91. The quantitative estimate of drug-likeness (QED) is 0.911. The summed E-state index contributed by atoms with van der Waals surface area (Å²) < 4.78 is 1.12. The number of piperidine rings is 1. The van der Waals surface area contributed by atoms with Crippen LogP contribution < -0.4 is 5.32 Å². The van der Waals surface area contributed by atoms with Crippen molar-refractivity contribution in [2.75, 3.05) is 13.1 Å². The molecule has 1 N–H and O–H groups in total. The number of nitrogens with one attached hydrogen (secondary N) is 1. The van der Waals surface area contributed by atoms with Crippen LogP contribution in [0.5, 0.6) is 0 Å². The molecule has 3 unspecified atom stereocenters. The summed E-state index contributed by atoms with van der Waals surface area (Å²) in [5.41, 5.74) is 0.527. The van der Waals surface area contributed by atoms with Gasteiger partial charge in [0.15, 0.2) is 0 Å². The average Bonchev–Trinajstić information content (AvgIpc) is 3.13. The van der Waals surface area contributed by atoms with Gasteiger partial charge in [-0.3, -0.25) is 14.7 Å². The molecular formula is C14H15N3OS. The van der Waals surface area contributed by atoms with Crippen molar-refractivity contribution in [1.82, 2.24) is 15.2 Å². The van der Waals surface area contributed by atoms with Crippen molar-refractivity contribution in [3.8, 4) is 0 Å². The van der Waals surface area contributed by atoms with E-state index in [-0.39, 0.29) is 12.1 Å². The van der Waals surface area contributed by atoms with Gasteiger partial charge in [0.2, 0.25) is 0 Å². The molecule has 2 aromatic rings. The van der Waals surface area contributed by atoms with Gasteiger partial charge in [-0.25, -0.2) is 0 Å². The summed E-state index contributed by atoms with van der Waals surface area (Å²) in [6.07, 6.45) is 4.37. The predicted molar refractivity (Wildman–Crippen MR) is 75.2 cm³/mol. The number of carbonyl (C=O) groups excluding carboxylic acids is 1. The summed E-state index contributed by atoms with van der Waals surface area (Å²) in [5.74, 6) is 0.728. The second-order valence-electron chi connectivity index (χ2n) is 5.40. The highest BCUT2D eigenvalue weighted by Crippen LogP contribution is 2.31. The maximum absolute atomic E-state index is 12.2. The average molecular weight is 273 g/mol. The molecule has 5 heteroatoms. The molecule has 4 nitrogen and oxygen atoms in total. The molecule has 0 aliphatic carbocycles. The van der Waals surface area contributed by atoms with E-state index >= 15 is 0 Å². The van der Waals surface area contributed by atoms with E-state index in [4.69, 9.17) is 0 Å². The summed E-state index contributed by atoms with van der Waals surface area (Å²) in [5, 5.41) is 6.24. The van der Waals surface area contributed by atoms with Gasteiger partial charge in [0.1, 0.15) is 5.69 Å². The number of hydrogen-bond donors (Lipinski definition) is 1. The minimum atomic E-state index is -0.0483. The normalized spacial score (nSPS) is 28.9. The third-order valence-electron chi connectivity index (χ3n) is 4.18. The maximum atomic E-state index is 12.2. The van der Waals surface area contributed by atoms with Crippen molar-refractivity contribution in [2.45, 2.75) is 19.0 Å². The van der Waals surface area contributed by atoms with Gasteiger partial charge >= 0.3 is 0 Å².